The fraction of sp³-hybridized carbons (Fsp3) is 0.962. The maximum Gasteiger partial charge on any atom is 0.0692 e. The van der Waals surface area contributed by atoms with E-state index >= 15 is 0 Å². The molecule has 0 spiro atoms. The summed E-state index contributed by atoms with van der Waals surface area (Å²) in [5.74, 6) is 4.53. The smallest absolute Gasteiger partial charge is 0.0692 e. The minimum absolute atomic E-state index is 0.0606. The summed E-state index contributed by atoms with van der Waals surface area (Å²) in [6.07, 6.45) is 23.8. The minimum atomic E-state index is 0.0606. The van der Waals surface area contributed by atoms with Gasteiger partial charge in [0.25, 0.3) is 0 Å². The molecule has 1 heteroatoms. The van der Waals surface area contributed by atoms with E-state index in [9.17, 15) is 5.26 Å². The summed E-state index contributed by atoms with van der Waals surface area (Å²) in [5, 5.41) is 10.1. The van der Waals surface area contributed by atoms with Crippen LogP contribution in [0.15, 0.2) is 0 Å². The highest BCUT2D eigenvalue weighted by atomic mass is 14.5. The number of hydrogen-bond donors (Lipinski definition) is 0. The standard InChI is InChI=1S/C26H45N/c1-3-5-6-7-9-21-10-13-23(14-11-21)24-16-17-26(20-27)19-22(8-4-2)12-15-25(26)18-24/h21-25H,3-19H2,1-2H3/t21?,22-,23?,24?,25-,26-/m1/s1. The monoisotopic (exact) mass is 371 g/mol. The Labute approximate surface area is 169 Å². The molecule has 3 fully saturated rings. The molecule has 3 aliphatic carbocycles. The highest BCUT2D eigenvalue weighted by Gasteiger charge is 2.48. The lowest BCUT2D eigenvalue weighted by molar-refractivity contribution is 0.0149. The zero-order chi connectivity index (χ0) is 19.1. The predicted octanol–water partition coefficient (Wildman–Crippen LogP) is 8.29. The highest BCUT2D eigenvalue weighted by Crippen LogP contribution is 2.56. The van der Waals surface area contributed by atoms with E-state index < -0.39 is 0 Å². The van der Waals surface area contributed by atoms with Crippen molar-refractivity contribution in [3.05, 3.63) is 0 Å². The lowest BCUT2D eigenvalue weighted by Gasteiger charge is -2.50. The van der Waals surface area contributed by atoms with E-state index in [0.717, 1.165) is 29.6 Å². The lowest BCUT2D eigenvalue weighted by Crippen LogP contribution is -2.42. The Morgan fingerprint density at radius 2 is 1.56 bits per heavy atom. The van der Waals surface area contributed by atoms with Gasteiger partial charge in [0.05, 0.1) is 11.5 Å². The van der Waals surface area contributed by atoms with Crippen molar-refractivity contribution in [1.82, 2.24) is 0 Å². The molecule has 4 atom stereocenters. The van der Waals surface area contributed by atoms with E-state index in [1.807, 2.05) is 0 Å². The Bertz CT molecular complexity index is 469. The molecular formula is C26H45N. The molecule has 0 aromatic heterocycles. The van der Waals surface area contributed by atoms with Gasteiger partial charge < -0.3 is 0 Å². The first kappa shape index (κ1) is 21.2. The number of rotatable bonds is 8. The van der Waals surface area contributed by atoms with Crippen LogP contribution >= 0.6 is 0 Å². The third-order valence-corrected chi connectivity index (χ3v) is 8.85. The molecule has 0 radical (unpaired) electrons. The molecule has 3 aliphatic rings. The summed E-state index contributed by atoms with van der Waals surface area (Å²) < 4.78 is 0. The molecule has 1 nitrogen and oxygen atoms in total. The average Bonchev–Trinajstić information content (AvgIpc) is 2.71. The molecule has 0 saturated heterocycles. The van der Waals surface area contributed by atoms with Gasteiger partial charge in [0.15, 0.2) is 0 Å². The normalized spacial score (nSPS) is 39.5. The second-order valence-electron chi connectivity index (χ2n) is 10.6. The van der Waals surface area contributed by atoms with Gasteiger partial charge in [-0.25, -0.2) is 0 Å². The van der Waals surface area contributed by atoms with Gasteiger partial charge in [-0.2, -0.15) is 5.26 Å². The maximum absolute atomic E-state index is 10.1. The van der Waals surface area contributed by atoms with Crippen LogP contribution in [0.4, 0.5) is 0 Å². The number of fused-ring (bicyclic) bond motifs is 1. The summed E-state index contributed by atoms with van der Waals surface area (Å²) in [5.41, 5.74) is 0.0606. The molecule has 0 bridgehead atoms. The van der Waals surface area contributed by atoms with Crippen molar-refractivity contribution in [2.45, 2.75) is 123 Å². The van der Waals surface area contributed by atoms with Crippen LogP contribution in [0.2, 0.25) is 0 Å². The SMILES string of the molecule is CCCCCCC1CCC(C2CC[C@]3(C#N)C[C@H](CCC)CC[C@@H]3C2)CC1. The van der Waals surface area contributed by atoms with Crippen molar-refractivity contribution in [1.29, 1.82) is 5.26 Å². The zero-order valence-electron chi connectivity index (χ0n) is 18.4. The van der Waals surface area contributed by atoms with E-state index in [1.54, 1.807) is 0 Å². The highest BCUT2D eigenvalue weighted by molar-refractivity contribution is 5.09. The quantitative estimate of drug-likeness (QED) is 0.394. The van der Waals surface area contributed by atoms with Crippen LogP contribution in [-0.2, 0) is 0 Å². The van der Waals surface area contributed by atoms with Crippen molar-refractivity contribution in [3.63, 3.8) is 0 Å². The summed E-state index contributed by atoms with van der Waals surface area (Å²) >= 11 is 0. The molecule has 1 unspecified atom stereocenters. The van der Waals surface area contributed by atoms with Crippen LogP contribution in [0.3, 0.4) is 0 Å². The van der Waals surface area contributed by atoms with Crippen molar-refractivity contribution in [2.24, 2.45) is 35.0 Å². The van der Waals surface area contributed by atoms with Crippen molar-refractivity contribution < 1.29 is 0 Å². The number of hydrogen-bond acceptors (Lipinski definition) is 1. The van der Waals surface area contributed by atoms with Crippen LogP contribution in [0, 0.1) is 46.3 Å². The van der Waals surface area contributed by atoms with E-state index in [0.29, 0.717) is 0 Å². The molecule has 0 aromatic carbocycles. The second-order valence-corrected chi connectivity index (χ2v) is 10.6. The molecule has 0 aromatic rings. The fourth-order valence-electron chi connectivity index (χ4n) is 7.16. The van der Waals surface area contributed by atoms with Gasteiger partial charge in [0.2, 0.25) is 0 Å². The van der Waals surface area contributed by atoms with Gasteiger partial charge in [-0.05, 0) is 74.5 Å². The Hall–Kier alpha value is -0.510. The van der Waals surface area contributed by atoms with Gasteiger partial charge >= 0.3 is 0 Å². The first-order chi connectivity index (χ1) is 13.2. The van der Waals surface area contributed by atoms with Crippen molar-refractivity contribution in [2.75, 3.05) is 0 Å². The summed E-state index contributed by atoms with van der Waals surface area (Å²) in [7, 11) is 0. The Morgan fingerprint density at radius 3 is 2.26 bits per heavy atom. The zero-order valence-corrected chi connectivity index (χ0v) is 18.4. The van der Waals surface area contributed by atoms with Gasteiger partial charge in [-0.15, -0.1) is 0 Å². The summed E-state index contributed by atoms with van der Waals surface area (Å²) in [6.45, 7) is 4.62. The molecule has 3 rings (SSSR count). The largest absolute Gasteiger partial charge is 0.198 e. The van der Waals surface area contributed by atoms with Crippen LogP contribution in [0.1, 0.15) is 123 Å². The molecule has 3 saturated carbocycles. The Balaban J connectivity index is 1.45. The van der Waals surface area contributed by atoms with E-state index in [-0.39, 0.29) is 5.41 Å². The number of nitrogens with zero attached hydrogens (tertiary/aromatic N) is 1. The average molecular weight is 372 g/mol. The predicted molar refractivity (Wildman–Crippen MR) is 115 cm³/mol. The van der Waals surface area contributed by atoms with Crippen LogP contribution < -0.4 is 0 Å². The molecule has 154 valence electrons. The van der Waals surface area contributed by atoms with Crippen molar-refractivity contribution in [3.8, 4) is 6.07 Å². The first-order valence-electron chi connectivity index (χ1n) is 12.6. The van der Waals surface area contributed by atoms with Crippen molar-refractivity contribution >= 4 is 0 Å². The molecule has 0 N–H and O–H groups in total. The van der Waals surface area contributed by atoms with Gasteiger partial charge in [0.1, 0.15) is 0 Å². The first-order valence-corrected chi connectivity index (χ1v) is 12.6. The Morgan fingerprint density at radius 1 is 0.778 bits per heavy atom. The van der Waals surface area contributed by atoms with Gasteiger partial charge in [0, 0.05) is 0 Å². The molecule has 0 aliphatic heterocycles. The summed E-state index contributed by atoms with van der Waals surface area (Å²) in [6, 6.07) is 2.87. The van der Waals surface area contributed by atoms with Crippen LogP contribution in [0.5, 0.6) is 0 Å². The van der Waals surface area contributed by atoms with Gasteiger partial charge in [-0.1, -0.05) is 78.1 Å². The Kier molecular flexibility index (Phi) is 8.10. The maximum atomic E-state index is 10.1. The number of nitriles is 1. The van der Waals surface area contributed by atoms with Gasteiger partial charge in [-0.3, -0.25) is 0 Å². The molecule has 0 amide bonds. The van der Waals surface area contributed by atoms with E-state index in [2.05, 4.69) is 19.9 Å². The fourth-order valence-corrected chi connectivity index (χ4v) is 7.16. The molecular weight excluding hydrogens is 326 g/mol. The van der Waals surface area contributed by atoms with E-state index in [4.69, 9.17) is 0 Å². The third kappa shape index (κ3) is 5.31. The second kappa shape index (κ2) is 10.3. The van der Waals surface area contributed by atoms with Crippen LogP contribution in [0.25, 0.3) is 0 Å². The topological polar surface area (TPSA) is 23.8 Å². The van der Waals surface area contributed by atoms with Crippen LogP contribution in [-0.4, -0.2) is 0 Å². The lowest BCUT2D eigenvalue weighted by atomic mass is 9.53. The number of unbranched alkanes of at least 4 members (excludes halogenated alkanes) is 3. The molecule has 0 heterocycles. The third-order valence-electron chi connectivity index (χ3n) is 8.85. The van der Waals surface area contributed by atoms with E-state index in [1.165, 1.54) is 109 Å². The minimum Gasteiger partial charge on any atom is -0.198 e. The summed E-state index contributed by atoms with van der Waals surface area (Å²) in [4.78, 5) is 0. The molecule has 27 heavy (non-hydrogen) atoms.